The topological polar surface area (TPSA) is 49.9 Å². The second kappa shape index (κ2) is 6.96. The van der Waals surface area contributed by atoms with Gasteiger partial charge in [0.15, 0.2) is 0 Å². The SMILES string of the molecule is CN1CC2(CCN(Cc3cccs3)CC2)COc2ccccc2S1(=O)=O. The molecule has 2 aromatic rings. The first kappa shape index (κ1) is 18.0. The summed E-state index contributed by atoms with van der Waals surface area (Å²) in [6.07, 6.45) is 1.89. The van der Waals surface area contributed by atoms with Crippen LogP contribution >= 0.6 is 11.3 Å². The average Bonchev–Trinajstić information content (AvgIpc) is 3.14. The molecule has 5 nitrogen and oxygen atoms in total. The van der Waals surface area contributed by atoms with Gasteiger partial charge in [-0.05, 0) is 49.5 Å². The lowest BCUT2D eigenvalue weighted by Crippen LogP contribution is -2.50. The molecule has 0 bridgehead atoms. The first-order valence-electron chi connectivity index (χ1n) is 8.92. The minimum absolute atomic E-state index is 0.124. The number of thiophene rings is 1. The van der Waals surface area contributed by atoms with Gasteiger partial charge in [-0.15, -0.1) is 11.3 Å². The normalized spacial score (nSPS) is 23.0. The molecule has 0 amide bonds. The van der Waals surface area contributed by atoms with Crippen molar-refractivity contribution >= 4 is 21.4 Å². The molecule has 0 saturated carbocycles. The van der Waals surface area contributed by atoms with Gasteiger partial charge in [0, 0.05) is 30.4 Å². The van der Waals surface area contributed by atoms with Crippen LogP contribution in [-0.4, -0.2) is 50.9 Å². The number of sulfonamides is 1. The van der Waals surface area contributed by atoms with Crippen LogP contribution in [0.4, 0.5) is 0 Å². The van der Waals surface area contributed by atoms with Crippen molar-refractivity contribution in [2.24, 2.45) is 5.41 Å². The molecule has 1 fully saturated rings. The summed E-state index contributed by atoms with van der Waals surface area (Å²) in [5.41, 5.74) is -0.124. The predicted molar refractivity (Wildman–Crippen MR) is 103 cm³/mol. The summed E-state index contributed by atoms with van der Waals surface area (Å²) in [5.74, 6) is 0.472. The number of piperidine rings is 1. The Morgan fingerprint density at radius 1 is 1.15 bits per heavy atom. The molecule has 7 heteroatoms. The molecule has 140 valence electrons. The largest absolute Gasteiger partial charge is 0.492 e. The van der Waals surface area contributed by atoms with E-state index >= 15 is 0 Å². The maximum Gasteiger partial charge on any atom is 0.246 e. The molecule has 1 saturated heterocycles. The number of ether oxygens (including phenoxy) is 1. The minimum atomic E-state index is -3.51. The smallest absolute Gasteiger partial charge is 0.246 e. The monoisotopic (exact) mass is 392 g/mol. The van der Waals surface area contributed by atoms with Crippen LogP contribution < -0.4 is 4.74 Å². The van der Waals surface area contributed by atoms with E-state index in [9.17, 15) is 8.42 Å². The standard InChI is InChI=1S/C19H24N2O3S2/c1-20-14-19(8-10-21(11-9-19)13-16-5-4-12-25-16)15-24-17-6-2-3-7-18(17)26(20,22)23/h2-7,12H,8-11,13-15H2,1H3. The average molecular weight is 393 g/mol. The van der Waals surface area contributed by atoms with Crippen LogP contribution in [0.25, 0.3) is 0 Å². The number of hydrogen-bond acceptors (Lipinski definition) is 5. The number of para-hydroxylation sites is 1. The fourth-order valence-electron chi connectivity index (χ4n) is 3.90. The van der Waals surface area contributed by atoms with E-state index in [1.807, 2.05) is 6.07 Å². The molecule has 4 rings (SSSR count). The fourth-order valence-corrected chi connectivity index (χ4v) is 6.05. The summed E-state index contributed by atoms with van der Waals surface area (Å²) in [5, 5.41) is 2.11. The number of likely N-dealkylation sites (tertiary alicyclic amines) is 1. The van der Waals surface area contributed by atoms with Gasteiger partial charge in [-0.1, -0.05) is 18.2 Å². The molecule has 1 spiro atoms. The Kier molecular flexibility index (Phi) is 4.81. The Balaban J connectivity index is 1.52. The van der Waals surface area contributed by atoms with Crippen molar-refractivity contribution in [1.29, 1.82) is 0 Å². The van der Waals surface area contributed by atoms with E-state index in [1.54, 1.807) is 36.6 Å². The third kappa shape index (κ3) is 3.41. The lowest BCUT2D eigenvalue weighted by Gasteiger charge is -2.44. The van der Waals surface area contributed by atoms with Crippen LogP contribution in [0, 0.1) is 5.41 Å². The molecule has 2 aliphatic heterocycles. The zero-order valence-electron chi connectivity index (χ0n) is 14.9. The molecule has 0 N–H and O–H groups in total. The van der Waals surface area contributed by atoms with Gasteiger partial charge in [-0.3, -0.25) is 4.90 Å². The third-order valence-electron chi connectivity index (χ3n) is 5.51. The minimum Gasteiger partial charge on any atom is -0.492 e. The van der Waals surface area contributed by atoms with Crippen molar-refractivity contribution in [2.45, 2.75) is 24.3 Å². The van der Waals surface area contributed by atoms with E-state index in [4.69, 9.17) is 4.74 Å². The summed E-state index contributed by atoms with van der Waals surface area (Å²) in [7, 11) is -1.82. The molecule has 0 aliphatic carbocycles. The van der Waals surface area contributed by atoms with Crippen molar-refractivity contribution in [2.75, 3.05) is 33.3 Å². The van der Waals surface area contributed by atoms with E-state index in [2.05, 4.69) is 22.4 Å². The van der Waals surface area contributed by atoms with Crippen molar-refractivity contribution < 1.29 is 13.2 Å². The molecule has 0 atom stereocenters. The molecule has 26 heavy (non-hydrogen) atoms. The number of hydrogen-bond donors (Lipinski definition) is 0. The van der Waals surface area contributed by atoms with Crippen molar-refractivity contribution in [3.63, 3.8) is 0 Å². The lowest BCUT2D eigenvalue weighted by molar-refractivity contribution is 0.0364. The van der Waals surface area contributed by atoms with E-state index < -0.39 is 10.0 Å². The van der Waals surface area contributed by atoms with Crippen LogP contribution in [-0.2, 0) is 16.6 Å². The fraction of sp³-hybridized carbons (Fsp3) is 0.474. The van der Waals surface area contributed by atoms with Crippen LogP contribution in [0.5, 0.6) is 5.75 Å². The number of benzene rings is 1. The van der Waals surface area contributed by atoms with Gasteiger partial charge in [0.2, 0.25) is 10.0 Å². The van der Waals surface area contributed by atoms with E-state index in [-0.39, 0.29) is 10.3 Å². The van der Waals surface area contributed by atoms with Crippen LogP contribution in [0.15, 0.2) is 46.7 Å². The van der Waals surface area contributed by atoms with Crippen LogP contribution in [0.2, 0.25) is 0 Å². The molecule has 0 unspecified atom stereocenters. The Morgan fingerprint density at radius 3 is 2.65 bits per heavy atom. The quantitative estimate of drug-likeness (QED) is 0.788. The van der Waals surface area contributed by atoms with Crippen molar-refractivity contribution in [1.82, 2.24) is 9.21 Å². The highest BCUT2D eigenvalue weighted by atomic mass is 32.2. The highest BCUT2D eigenvalue weighted by molar-refractivity contribution is 7.89. The summed E-state index contributed by atoms with van der Waals surface area (Å²) in [4.78, 5) is 4.11. The Morgan fingerprint density at radius 2 is 1.92 bits per heavy atom. The zero-order valence-corrected chi connectivity index (χ0v) is 16.6. The van der Waals surface area contributed by atoms with Gasteiger partial charge < -0.3 is 4.74 Å². The first-order chi connectivity index (χ1) is 12.5. The molecule has 2 aliphatic rings. The molecule has 0 radical (unpaired) electrons. The maximum atomic E-state index is 12.9. The number of rotatable bonds is 2. The van der Waals surface area contributed by atoms with Crippen molar-refractivity contribution in [3.8, 4) is 5.75 Å². The van der Waals surface area contributed by atoms with Gasteiger partial charge >= 0.3 is 0 Å². The first-order valence-corrected chi connectivity index (χ1v) is 11.2. The zero-order chi connectivity index (χ0) is 18.2. The summed E-state index contributed by atoms with van der Waals surface area (Å²) >= 11 is 1.79. The number of fused-ring (bicyclic) bond motifs is 1. The van der Waals surface area contributed by atoms with E-state index in [0.29, 0.717) is 18.9 Å². The Bertz CT molecular complexity index is 857. The van der Waals surface area contributed by atoms with E-state index in [1.165, 1.54) is 9.18 Å². The van der Waals surface area contributed by atoms with Gasteiger partial charge in [0.25, 0.3) is 0 Å². The number of nitrogens with zero attached hydrogens (tertiary/aromatic N) is 2. The summed E-state index contributed by atoms with van der Waals surface area (Å²) < 4.78 is 33.4. The van der Waals surface area contributed by atoms with E-state index in [0.717, 1.165) is 32.5 Å². The van der Waals surface area contributed by atoms with Crippen molar-refractivity contribution in [3.05, 3.63) is 46.7 Å². The predicted octanol–water partition coefficient (Wildman–Crippen LogP) is 3.04. The molecular weight excluding hydrogens is 368 g/mol. The highest BCUT2D eigenvalue weighted by Crippen LogP contribution is 2.38. The highest BCUT2D eigenvalue weighted by Gasteiger charge is 2.41. The van der Waals surface area contributed by atoms with Gasteiger partial charge in [0.05, 0.1) is 6.61 Å². The third-order valence-corrected chi connectivity index (χ3v) is 8.21. The molecule has 1 aromatic carbocycles. The summed E-state index contributed by atoms with van der Waals surface area (Å²) in [6.45, 7) is 3.99. The second-order valence-electron chi connectivity index (χ2n) is 7.35. The van der Waals surface area contributed by atoms with Gasteiger partial charge in [-0.2, -0.15) is 0 Å². The van der Waals surface area contributed by atoms with Crippen LogP contribution in [0.1, 0.15) is 17.7 Å². The Labute approximate surface area is 159 Å². The summed E-state index contributed by atoms with van der Waals surface area (Å²) in [6, 6.07) is 11.2. The Hall–Kier alpha value is -1.41. The second-order valence-corrected chi connectivity index (χ2v) is 10.4. The molecule has 3 heterocycles. The van der Waals surface area contributed by atoms with Gasteiger partial charge in [-0.25, -0.2) is 12.7 Å². The van der Waals surface area contributed by atoms with Crippen LogP contribution in [0.3, 0.4) is 0 Å². The maximum absolute atomic E-state index is 12.9. The molecule has 1 aromatic heterocycles. The lowest BCUT2D eigenvalue weighted by atomic mass is 9.79. The molecular formula is C19H24N2O3S2. The van der Waals surface area contributed by atoms with Gasteiger partial charge in [0.1, 0.15) is 10.6 Å².